The average molecular weight is 431 g/mol. The van der Waals surface area contributed by atoms with Crippen molar-refractivity contribution in [2.24, 2.45) is 0 Å². The molecule has 0 saturated carbocycles. The molecule has 0 bridgehead atoms. The van der Waals surface area contributed by atoms with Gasteiger partial charge in [-0.3, -0.25) is 9.59 Å². The van der Waals surface area contributed by atoms with Gasteiger partial charge in [-0.2, -0.15) is 0 Å². The van der Waals surface area contributed by atoms with Crippen LogP contribution in [-0.2, 0) is 16.1 Å². The van der Waals surface area contributed by atoms with E-state index in [1.54, 1.807) is 19.1 Å². The van der Waals surface area contributed by atoms with Gasteiger partial charge in [0, 0.05) is 17.6 Å². The number of halogens is 1. The predicted octanol–water partition coefficient (Wildman–Crippen LogP) is 4.67. The van der Waals surface area contributed by atoms with Crippen LogP contribution >= 0.6 is 11.6 Å². The van der Waals surface area contributed by atoms with Crippen LogP contribution in [0.25, 0.3) is 0 Å². The number of hydrogen-bond acceptors (Lipinski definition) is 3. The Kier molecular flexibility index (Phi) is 8.72. The van der Waals surface area contributed by atoms with E-state index in [1.807, 2.05) is 58.0 Å². The van der Waals surface area contributed by atoms with E-state index in [-0.39, 0.29) is 31.0 Å². The highest BCUT2D eigenvalue weighted by Gasteiger charge is 2.27. The number of hydrogen-bond donors (Lipinski definition) is 1. The summed E-state index contributed by atoms with van der Waals surface area (Å²) in [4.78, 5) is 27.3. The molecular formula is C24H31ClN2O3. The number of nitrogens with one attached hydrogen (secondary N) is 1. The first kappa shape index (κ1) is 23.7. The summed E-state index contributed by atoms with van der Waals surface area (Å²) in [6, 6.07) is 12.4. The summed E-state index contributed by atoms with van der Waals surface area (Å²) in [6.45, 7) is 9.81. The Balaban J connectivity index is 2.16. The number of nitrogens with zero attached hydrogens (tertiary/aromatic N) is 1. The van der Waals surface area contributed by atoms with Crippen LogP contribution in [0, 0.1) is 13.8 Å². The minimum Gasteiger partial charge on any atom is -0.484 e. The van der Waals surface area contributed by atoms with Gasteiger partial charge in [0.1, 0.15) is 11.8 Å². The van der Waals surface area contributed by atoms with Crippen molar-refractivity contribution in [3.8, 4) is 5.75 Å². The molecule has 2 amide bonds. The van der Waals surface area contributed by atoms with Crippen molar-refractivity contribution in [2.45, 2.75) is 59.7 Å². The number of carbonyl (C=O) groups is 2. The van der Waals surface area contributed by atoms with Crippen molar-refractivity contribution < 1.29 is 14.3 Å². The van der Waals surface area contributed by atoms with Gasteiger partial charge in [0.25, 0.3) is 5.91 Å². The summed E-state index contributed by atoms with van der Waals surface area (Å²) < 4.78 is 5.73. The normalized spacial score (nSPS) is 12.7. The van der Waals surface area contributed by atoms with E-state index in [9.17, 15) is 9.59 Å². The molecule has 0 aliphatic carbocycles. The van der Waals surface area contributed by atoms with Gasteiger partial charge >= 0.3 is 0 Å². The Hall–Kier alpha value is -2.53. The maximum Gasteiger partial charge on any atom is 0.261 e. The maximum absolute atomic E-state index is 13.0. The smallest absolute Gasteiger partial charge is 0.261 e. The van der Waals surface area contributed by atoms with Gasteiger partial charge in [-0.1, -0.05) is 36.7 Å². The van der Waals surface area contributed by atoms with E-state index >= 15 is 0 Å². The lowest BCUT2D eigenvalue weighted by atomic mass is 10.1. The molecule has 30 heavy (non-hydrogen) atoms. The van der Waals surface area contributed by atoms with Crippen molar-refractivity contribution in [2.75, 3.05) is 6.61 Å². The molecule has 0 saturated heterocycles. The number of amides is 2. The molecule has 5 nitrogen and oxygen atoms in total. The zero-order chi connectivity index (χ0) is 22.3. The van der Waals surface area contributed by atoms with Crippen LogP contribution in [0.5, 0.6) is 5.75 Å². The fraction of sp³-hybridized carbons (Fsp3) is 0.417. The number of ether oxygens (including phenoxy) is 1. The molecular weight excluding hydrogens is 400 g/mol. The molecule has 2 atom stereocenters. The highest BCUT2D eigenvalue weighted by Crippen LogP contribution is 2.18. The van der Waals surface area contributed by atoms with Gasteiger partial charge < -0.3 is 15.0 Å². The van der Waals surface area contributed by atoms with Crippen LogP contribution in [0.4, 0.5) is 0 Å². The van der Waals surface area contributed by atoms with E-state index < -0.39 is 6.04 Å². The highest BCUT2D eigenvalue weighted by atomic mass is 35.5. The molecule has 0 heterocycles. The van der Waals surface area contributed by atoms with Crippen LogP contribution < -0.4 is 10.1 Å². The van der Waals surface area contributed by atoms with Crippen LogP contribution in [0.3, 0.4) is 0 Å². The van der Waals surface area contributed by atoms with E-state index in [0.717, 1.165) is 23.1 Å². The minimum atomic E-state index is -0.645. The Morgan fingerprint density at radius 2 is 1.83 bits per heavy atom. The molecule has 0 fully saturated rings. The van der Waals surface area contributed by atoms with Crippen LogP contribution in [0.15, 0.2) is 42.5 Å². The van der Waals surface area contributed by atoms with E-state index in [0.29, 0.717) is 10.8 Å². The first-order valence-electron chi connectivity index (χ1n) is 10.3. The number of aryl methyl sites for hydroxylation is 2. The largest absolute Gasteiger partial charge is 0.484 e. The van der Waals surface area contributed by atoms with Gasteiger partial charge in [-0.15, -0.1) is 0 Å². The quantitative estimate of drug-likeness (QED) is 0.629. The van der Waals surface area contributed by atoms with Crippen LogP contribution in [0.2, 0.25) is 5.02 Å². The molecule has 2 rings (SSSR count). The Morgan fingerprint density at radius 3 is 2.47 bits per heavy atom. The molecule has 6 heteroatoms. The second kappa shape index (κ2) is 11.0. The molecule has 0 aliphatic rings. The summed E-state index contributed by atoms with van der Waals surface area (Å²) in [5.41, 5.74) is 3.11. The summed E-state index contributed by atoms with van der Waals surface area (Å²) in [5.74, 6) is 0.178. The van der Waals surface area contributed by atoms with Crippen molar-refractivity contribution in [1.82, 2.24) is 10.2 Å². The molecule has 162 valence electrons. The topological polar surface area (TPSA) is 58.6 Å². The van der Waals surface area contributed by atoms with E-state index in [4.69, 9.17) is 16.3 Å². The van der Waals surface area contributed by atoms with Gasteiger partial charge in [-0.05, 0) is 75.1 Å². The zero-order valence-corrected chi connectivity index (χ0v) is 19.1. The third-order valence-electron chi connectivity index (χ3n) is 5.25. The number of carbonyl (C=O) groups excluding carboxylic acids is 2. The summed E-state index contributed by atoms with van der Waals surface area (Å²) >= 11 is 6.10. The third-order valence-corrected chi connectivity index (χ3v) is 5.49. The third kappa shape index (κ3) is 6.77. The number of rotatable bonds is 9. The SMILES string of the molecule is CCC(C)NC(=O)C(C)N(Cc1cccc(Cl)c1)C(=O)COc1ccc(C)c(C)c1. The monoisotopic (exact) mass is 430 g/mol. The van der Waals surface area contributed by atoms with Gasteiger partial charge in [0.05, 0.1) is 0 Å². The molecule has 2 unspecified atom stereocenters. The lowest BCUT2D eigenvalue weighted by Gasteiger charge is -2.29. The van der Waals surface area contributed by atoms with E-state index in [1.165, 1.54) is 4.90 Å². The second-order valence-electron chi connectivity index (χ2n) is 7.68. The highest BCUT2D eigenvalue weighted by molar-refractivity contribution is 6.30. The second-order valence-corrected chi connectivity index (χ2v) is 8.12. The molecule has 2 aromatic rings. The van der Waals surface area contributed by atoms with Crippen molar-refractivity contribution in [3.63, 3.8) is 0 Å². The Bertz CT molecular complexity index is 885. The van der Waals surface area contributed by atoms with E-state index in [2.05, 4.69) is 5.32 Å². The van der Waals surface area contributed by atoms with Crippen LogP contribution in [-0.4, -0.2) is 35.4 Å². The summed E-state index contributed by atoms with van der Waals surface area (Å²) in [5, 5.41) is 3.54. The number of benzene rings is 2. The van der Waals surface area contributed by atoms with Gasteiger partial charge in [0.2, 0.25) is 5.91 Å². The molecule has 0 radical (unpaired) electrons. The molecule has 1 N–H and O–H groups in total. The van der Waals surface area contributed by atoms with Crippen molar-refractivity contribution >= 4 is 23.4 Å². The Morgan fingerprint density at radius 1 is 1.10 bits per heavy atom. The first-order valence-corrected chi connectivity index (χ1v) is 10.6. The van der Waals surface area contributed by atoms with Gasteiger partial charge in [0.15, 0.2) is 6.61 Å². The zero-order valence-electron chi connectivity index (χ0n) is 18.4. The average Bonchev–Trinajstić information content (AvgIpc) is 2.72. The lowest BCUT2D eigenvalue weighted by molar-refractivity contribution is -0.142. The summed E-state index contributed by atoms with van der Waals surface area (Å²) in [6.07, 6.45) is 0.816. The predicted molar refractivity (Wildman–Crippen MR) is 121 cm³/mol. The first-order chi connectivity index (χ1) is 14.2. The van der Waals surface area contributed by atoms with Crippen molar-refractivity contribution in [3.05, 3.63) is 64.2 Å². The van der Waals surface area contributed by atoms with Crippen molar-refractivity contribution in [1.29, 1.82) is 0 Å². The molecule has 0 spiro atoms. The standard InChI is InChI=1S/C24H31ClN2O3/c1-6-18(4)26-24(29)19(5)27(14-20-8-7-9-21(25)13-20)23(28)15-30-22-11-10-16(2)17(3)12-22/h7-13,18-19H,6,14-15H2,1-5H3,(H,26,29). The molecule has 0 aromatic heterocycles. The van der Waals surface area contributed by atoms with Gasteiger partial charge in [-0.25, -0.2) is 0 Å². The maximum atomic E-state index is 13.0. The van der Waals surface area contributed by atoms with Crippen LogP contribution in [0.1, 0.15) is 43.9 Å². The fourth-order valence-corrected chi connectivity index (χ4v) is 3.12. The minimum absolute atomic E-state index is 0.0369. The summed E-state index contributed by atoms with van der Waals surface area (Å²) in [7, 11) is 0. The Labute approximate surface area is 184 Å². The molecule has 0 aliphatic heterocycles. The fourth-order valence-electron chi connectivity index (χ4n) is 2.91. The lowest BCUT2D eigenvalue weighted by Crippen LogP contribution is -2.50. The molecule has 2 aromatic carbocycles.